The van der Waals surface area contributed by atoms with Gasteiger partial charge in [0.05, 0.1) is 25.1 Å². The van der Waals surface area contributed by atoms with Gasteiger partial charge in [0.25, 0.3) is 0 Å². The van der Waals surface area contributed by atoms with Gasteiger partial charge in [-0.1, -0.05) is 464 Å². The van der Waals surface area contributed by atoms with Crippen molar-refractivity contribution in [2.75, 3.05) is 0 Å². The highest BCUT2D eigenvalue weighted by Gasteiger charge is 2.09. The average Bonchev–Trinajstić information content (AvgIpc) is 1.31. The zero-order valence-corrected chi connectivity index (χ0v) is 78.7. The molecule has 0 unspecified atom stereocenters. The lowest BCUT2D eigenvalue weighted by Crippen LogP contribution is -1.81. The SMILES string of the molecule is C1=CCC=C1.C1=Cc2cc3ccccc3cc2C1.C1=Cc2ccccc2C1.C=C/C=C/C.C=C/C=C/C=C.C=CC=C.c1ccc2cc3cc4cc5ccccc5cc4cc3cc2c1.c1ccc2cc3cc4ccccc4cc3cc2c1.c1ccc2cc3ccccc3cc2c1.c1ccc2cc3occc3cc2c1.c1ccc2ccccc2c1.c1ccc2occc2c1.c1ccccc1.c1ccoc1. The third kappa shape index (κ3) is 29.1. The largest absolute Gasteiger partial charge is 0.473 e. The van der Waals surface area contributed by atoms with Crippen LogP contribution in [0.2, 0.25) is 0 Å². The van der Waals surface area contributed by atoms with Gasteiger partial charge in [-0.3, -0.25) is 0 Å². The monoisotopic (exact) mass is 1790 g/mol. The van der Waals surface area contributed by atoms with E-state index in [2.05, 4.69) is 438 Å². The summed E-state index contributed by atoms with van der Waals surface area (Å²) in [6.07, 6.45) is 43.1. The first-order chi connectivity index (χ1) is 68.7. The van der Waals surface area contributed by atoms with E-state index < -0.39 is 0 Å². The summed E-state index contributed by atoms with van der Waals surface area (Å²) in [7, 11) is 0. The van der Waals surface area contributed by atoms with Crippen molar-refractivity contribution in [1.29, 1.82) is 0 Å². The summed E-state index contributed by atoms with van der Waals surface area (Å²) in [5, 5.41) is 33.7. The molecule has 3 aliphatic rings. The highest BCUT2D eigenvalue weighted by molar-refractivity contribution is 6.09. The van der Waals surface area contributed by atoms with Crippen molar-refractivity contribution in [3.05, 3.63) is 620 Å². The molecular weight excluding hydrogens is 1680 g/mol. The Bertz CT molecular complexity index is 7640. The summed E-state index contributed by atoms with van der Waals surface area (Å²) in [5.74, 6) is 0. The lowest BCUT2D eigenvalue weighted by molar-refractivity contribution is 0.567. The van der Waals surface area contributed by atoms with Crippen LogP contribution in [-0.4, -0.2) is 0 Å². The molecular formula is C136H114O3. The Morgan fingerprint density at radius 2 is 0.468 bits per heavy atom. The van der Waals surface area contributed by atoms with Crippen molar-refractivity contribution in [1.82, 2.24) is 0 Å². The normalized spacial score (nSPS) is 11.1. The van der Waals surface area contributed by atoms with Crippen LogP contribution in [0.3, 0.4) is 0 Å². The first-order valence-electron chi connectivity index (χ1n) is 47.0. The van der Waals surface area contributed by atoms with Gasteiger partial charge in [0.2, 0.25) is 0 Å². The standard InChI is InChI=1S/C22H14.C18H12.C14H10.C13H10.C12H8O.C10H8.C9H8.C8H6O.C6H6.C6H8.C5H6.C5H8.C4H4O.C4H6/c1-2-6-16-10-20-14-22-12-18-8-4-3-7-17(18)11-21(22)13-19(20)9-15(16)5-1;1-2-6-14-10-18-12-16-8-4-3-7-15(16)11-17(18)9-13(14)5-1;1-2-6-12-10-14-8-4-3-7-13(14)9-11(12)5-1;1-2-5-11-9-13-7-3-6-12(13)8-10(11)4-1;1-2-4-10-8-12-11(5-6-13-12)7-9(10)3-1;1-2-6-10-8-4-3-7-9(10)5-1;1-2-5-9-7-3-6-8(9)4-1;1-2-4-8-7(3-1)5-6-9-8;1-2-4-6-5-3-1;1-3-5-6-4-2;1-2-4-5-3-1;1-3-5-4-2;1-2-4-5-3-1;1-3-4-2/h1-14H;1-12H;1-10H;1-6,8-9H,7H2;1-8H;1-8H;1-6H,7H2;1-6H;1-6H;3-6H,1-2H2;1-4H,5H2;3-5H,1H2,2H3;1-4H;3-4H,1-2H2/b;;;;;;;;;6-5+;;5-4+;;. The van der Waals surface area contributed by atoms with E-state index in [1.807, 2.05) is 128 Å². The Hall–Kier alpha value is -17.8. The van der Waals surface area contributed by atoms with Gasteiger partial charge < -0.3 is 13.3 Å². The number of para-hydroxylation sites is 1. The fourth-order valence-corrected chi connectivity index (χ4v) is 16.0. The molecule has 21 aromatic carbocycles. The zero-order chi connectivity index (χ0) is 95.9. The maximum atomic E-state index is 5.33. The van der Waals surface area contributed by atoms with Crippen LogP contribution in [0.15, 0.2) is 611 Å². The minimum Gasteiger partial charge on any atom is -0.473 e. The van der Waals surface area contributed by atoms with Crippen LogP contribution in [-0.2, 0) is 12.8 Å². The van der Waals surface area contributed by atoms with E-state index in [-0.39, 0.29) is 0 Å². The molecule has 0 spiro atoms. The van der Waals surface area contributed by atoms with Crippen molar-refractivity contribution >= 4 is 163 Å². The van der Waals surface area contributed by atoms with Gasteiger partial charge in [-0.15, -0.1) is 0 Å². The van der Waals surface area contributed by atoms with Gasteiger partial charge in [-0.2, -0.15) is 0 Å². The Labute approximate surface area is 817 Å². The second-order valence-electron chi connectivity index (χ2n) is 32.6. The number of furan rings is 3. The van der Waals surface area contributed by atoms with Gasteiger partial charge in [0.1, 0.15) is 11.2 Å². The van der Waals surface area contributed by atoms with Crippen LogP contribution in [0.25, 0.3) is 163 Å². The fourth-order valence-electron chi connectivity index (χ4n) is 16.0. The lowest BCUT2D eigenvalue weighted by atomic mass is 9.97. The Morgan fingerprint density at radius 3 is 0.777 bits per heavy atom. The summed E-state index contributed by atoms with van der Waals surface area (Å²) in [6.45, 7) is 19.1. The van der Waals surface area contributed by atoms with Gasteiger partial charge in [-0.05, 0) is 299 Å². The number of hydrogen-bond donors (Lipinski definition) is 0. The summed E-state index contributed by atoms with van der Waals surface area (Å²) in [4.78, 5) is 0. The van der Waals surface area contributed by atoms with Crippen LogP contribution < -0.4 is 0 Å². The predicted molar refractivity (Wildman–Crippen MR) is 610 cm³/mol. The minimum absolute atomic E-state index is 0.956. The van der Waals surface area contributed by atoms with Crippen molar-refractivity contribution in [3.63, 3.8) is 0 Å². The maximum absolute atomic E-state index is 5.33. The number of fused-ring (bicyclic) bond motifs is 16. The molecule has 3 heteroatoms. The molecule has 24 aromatic rings. The molecule has 3 aromatic heterocycles. The smallest absolute Gasteiger partial charge is 0.134 e. The molecule has 0 saturated carbocycles. The quantitative estimate of drug-likeness (QED) is 0.130. The number of rotatable bonds is 4. The molecule has 0 fully saturated rings. The maximum Gasteiger partial charge on any atom is 0.134 e. The van der Waals surface area contributed by atoms with Crippen molar-refractivity contribution < 1.29 is 13.3 Å². The van der Waals surface area contributed by atoms with Gasteiger partial charge in [0, 0.05) is 10.8 Å². The number of hydrogen-bond acceptors (Lipinski definition) is 3. The van der Waals surface area contributed by atoms with E-state index in [1.165, 1.54) is 157 Å². The predicted octanol–water partition coefficient (Wildman–Crippen LogP) is 39.5. The Morgan fingerprint density at radius 1 is 0.194 bits per heavy atom. The third-order valence-electron chi connectivity index (χ3n) is 23.0. The minimum atomic E-state index is 0.956. The van der Waals surface area contributed by atoms with Crippen molar-refractivity contribution in [2.24, 2.45) is 0 Å². The lowest BCUT2D eigenvalue weighted by Gasteiger charge is -2.07. The number of allylic oxidation sites excluding steroid dienone is 15. The highest BCUT2D eigenvalue weighted by Crippen LogP contribution is 2.33. The molecule has 0 N–H and O–H groups in total. The topological polar surface area (TPSA) is 39.4 Å². The van der Waals surface area contributed by atoms with Crippen LogP contribution in [0.5, 0.6) is 0 Å². The molecule has 3 aliphatic carbocycles. The molecule has 0 bridgehead atoms. The van der Waals surface area contributed by atoms with Crippen LogP contribution in [0.4, 0.5) is 0 Å². The Kier molecular flexibility index (Phi) is 37.2. The van der Waals surface area contributed by atoms with E-state index in [0.29, 0.717) is 0 Å². The molecule has 0 radical (unpaired) electrons. The first kappa shape index (κ1) is 97.3. The molecule has 0 atom stereocenters. The van der Waals surface area contributed by atoms with E-state index in [0.717, 1.165) is 35.8 Å². The van der Waals surface area contributed by atoms with E-state index in [1.54, 1.807) is 55.4 Å². The summed E-state index contributed by atoms with van der Waals surface area (Å²) < 4.78 is 15.0. The summed E-state index contributed by atoms with van der Waals surface area (Å²) >= 11 is 0. The molecule has 3 heterocycles. The zero-order valence-electron chi connectivity index (χ0n) is 78.7. The Balaban J connectivity index is 0.000000123. The average molecular weight is 1800 g/mol. The van der Waals surface area contributed by atoms with E-state index in [9.17, 15) is 0 Å². The van der Waals surface area contributed by atoms with Gasteiger partial charge in [-0.25, -0.2) is 0 Å². The number of benzene rings is 21. The van der Waals surface area contributed by atoms with Crippen LogP contribution in [0.1, 0.15) is 35.6 Å². The molecule has 0 amide bonds. The first-order valence-corrected chi connectivity index (χ1v) is 47.0. The van der Waals surface area contributed by atoms with E-state index >= 15 is 0 Å². The molecule has 27 rings (SSSR count). The fraction of sp³-hybridized carbons (Fsp3) is 0.0294. The van der Waals surface area contributed by atoms with Gasteiger partial charge in [0.15, 0.2) is 0 Å². The van der Waals surface area contributed by atoms with E-state index in [4.69, 9.17) is 8.83 Å². The summed E-state index contributed by atoms with van der Waals surface area (Å²) in [5.41, 5.74) is 7.60. The second kappa shape index (κ2) is 53.2. The molecule has 0 aliphatic heterocycles. The highest BCUT2D eigenvalue weighted by atomic mass is 16.3. The molecule has 676 valence electrons. The van der Waals surface area contributed by atoms with Crippen molar-refractivity contribution in [3.8, 4) is 0 Å². The summed E-state index contributed by atoms with van der Waals surface area (Å²) in [6, 6.07) is 157. The second-order valence-corrected chi connectivity index (χ2v) is 32.6. The van der Waals surface area contributed by atoms with Crippen molar-refractivity contribution in [2.45, 2.75) is 26.2 Å². The molecule has 3 nitrogen and oxygen atoms in total. The molecule has 0 saturated heterocycles. The van der Waals surface area contributed by atoms with Crippen LogP contribution in [0, 0.1) is 0 Å². The molecule has 139 heavy (non-hydrogen) atoms. The van der Waals surface area contributed by atoms with Gasteiger partial charge >= 0.3 is 0 Å². The van der Waals surface area contributed by atoms with Crippen LogP contribution >= 0.6 is 0 Å². The third-order valence-corrected chi connectivity index (χ3v) is 23.0.